The van der Waals surface area contributed by atoms with Crippen molar-refractivity contribution in [2.45, 2.75) is 0 Å². The van der Waals surface area contributed by atoms with Gasteiger partial charge in [0.15, 0.2) is 18.1 Å². The lowest BCUT2D eigenvalue weighted by Crippen LogP contribution is -2.38. The van der Waals surface area contributed by atoms with E-state index in [0.717, 1.165) is 0 Å². The van der Waals surface area contributed by atoms with E-state index in [0.29, 0.717) is 10.5 Å². The highest BCUT2D eigenvalue weighted by Crippen LogP contribution is 2.29. The van der Waals surface area contributed by atoms with Crippen LogP contribution >= 0.6 is 0 Å². The van der Waals surface area contributed by atoms with Crippen molar-refractivity contribution in [2.24, 2.45) is 0 Å². The van der Waals surface area contributed by atoms with Crippen molar-refractivity contribution < 1.29 is 37.8 Å². The summed E-state index contributed by atoms with van der Waals surface area (Å²) >= 11 is 0. The Hall–Kier alpha value is -4.41. The maximum Gasteiger partial charge on any atom is 0.343 e. The van der Waals surface area contributed by atoms with E-state index in [4.69, 9.17) is 9.47 Å². The molecule has 0 unspecified atom stereocenters. The number of methoxy groups -OCH3 is 2. The number of carbonyl (C=O) groups excluding carboxylic acids is 4. The van der Waals surface area contributed by atoms with Gasteiger partial charge in [-0.1, -0.05) is 18.2 Å². The lowest BCUT2D eigenvalue weighted by molar-refractivity contribution is -0.143. The smallest absolute Gasteiger partial charge is 0.343 e. The largest absolute Gasteiger partial charge is 0.493 e. The first-order valence-corrected chi connectivity index (χ1v) is 9.59. The van der Waals surface area contributed by atoms with Crippen molar-refractivity contribution in [3.05, 3.63) is 59.5 Å². The number of nitrogens with zero attached hydrogens (tertiary/aromatic N) is 1. The van der Waals surface area contributed by atoms with Gasteiger partial charge in [-0.25, -0.2) is 18.9 Å². The molecule has 0 aromatic heterocycles. The number of carbonyl (C=O) groups is 4. The van der Waals surface area contributed by atoms with E-state index in [1.165, 1.54) is 56.7 Å². The lowest BCUT2D eigenvalue weighted by Gasteiger charge is -2.12. The number of ether oxygens (including phenoxy) is 3. The predicted molar refractivity (Wildman–Crippen MR) is 114 cm³/mol. The first kappa shape index (κ1) is 23.3. The van der Waals surface area contributed by atoms with Crippen LogP contribution in [0.5, 0.6) is 11.5 Å². The van der Waals surface area contributed by atoms with Crippen LogP contribution in [0.4, 0.5) is 14.9 Å². The van der Waals surface area contributed by atoms with Gasteiger partial charge >= 0.3 is 12.0 Å². The summed E-state index contributed by atoms with van der Waals surface area (Å²) < 4.78 is 28.8. The van der Waals surface area contributed by atoms with Crippen LogP contribution in [0.1, 0.15) is 5.56 Å². The van der Waals surface area contributed by atoms with Crippen molar-refractivity contribution >= 4 is 35.6 Å². The summed E-state index contributed by atoms with van der Waals surface area (Å²) in [5, 5.41) is 4.71. The van der Waals surface area contributed by atoms with E-state index in [9.17, 15) is 23.6 Å². The number of para-hydroxylation sites is 1. The van der Waals surface area contributed by atoms with Gasteiger partial charge in [-0.15, -0.1) is 0 Å². The van der Waals surface area contributed by atoms with Crippen molar-refractivity contribution in [2.75, 3.05) is 32.7 Å². The third kappa shape index (κ3) is 5.64. The van der Waals surface area contributed by atoms with Crippen LogP contribution in [-0.2, 0) is 19.1 Å². The van der Waals surface area contributed by atoms with E-state index in [2.05, 4.69) is 15.4 Å². The molecule has 0 atom stereocenters. The minimum absolute atomic E-state index is 0.0630. The minimum atomic E-state index is -0.792. The molecule has 1 aliphatic heterocycles. The lowest BCUT2D eigenvalue weighted by atomic mass is 10.1. The van der Waals surface area contributed by atoms with Gasteiger partial charge in [0, 0.05) is 0 Å². The second-order valence-electron chi connectivity index (χ2n) is 6.68. The Kier molecular flexibility index (Phi) is 7.24. The first-order chi connectivity index (χ1) is 15.8. The van der Waals surface area contributed by atoms with Crippen LogP contribution in [0.15, 0.2) is 48.2 Å². The van der Waals surface area contributed by atoms with Crippen LogP contribution in [0.2, 0.25) is 0 Å². The summed E-state index contributed by atoms with van der Waals surface area (Å²) in [7, 11) is 2.63. The zero-order chi connectivity index (χ0) is 24.0. The standard InChI is InChI=1S/C22H20FN3O7/c1-31-18-10-13(7-8-17(18)33-12-20(28)32-2)9-16-21(29)26(22(30)25-16)11-19(27)24-15-6-4-3-5-14(15)23/h3-10H,11-12H2,1-2H3,(H,24,27)(H,25,30)/b16-9+. The van der Waals surface area contributed by atoms with Crippen molar-refractivity contribution in [1.29, 1.82) is 0 Å². The summed E-state index contributed by atoms with van der Waals surface area (Å²) in [5.74, 6) is -2.12. The van der Waals surface area contributed by atoms with E-state index in [-0.39, 0.29) is 29.5 Å². The number of esters is 1. The molecule has 2 aromatic carbocycles. The van der Waals surface area contributed by atoms with Crippen LogP contribution in [0.25, 0.3) is 6.08 Å². The van der Waals surface area contributed by atoms with E-state index in [1.807, 2.05) is 0 Å². The summed E-state index contributed by atoms with van der Waals surface area (Å²) in [6, 6.07) is 9.37. The molecule has 1 fully saturated rings. The number of amides is 4. The zero-order valence-electron chi connectivity index (χ0n) is 17.7. The fourth-order valence-electron chi connectivity index (χ4n) is 2.87. The minimum Gasteiger partial charge on any atom is -0.493 e. The topological polar surface area (TPSA) is 123 Å². The molecule has 2 aromatic rings. The van der Waals surface area contributed by atoms with Crippen LogP contribution in [-0.4, -0.2) is 56.1 Å². The fraction of sp³-hybridized carbons (Fsp3) is 0.182. The first-order valence-electron chi connectivity index (χ1n) is 9.59. The van der Waals surface area contributed by atoms with Crippen LogP contribution in [0, 0.1) is 5.82 Å². The van der Waals surface area contributed by atoms with Gasteiger partial charge in [-0.2, -0.15) is 0 Å². The predicted octanol–water partition coefficient (Wildman–Crippen LogP) is 1.92. The average molecular weight is 457 g/mol. The number of halogens is 1. The molecule has 11 heteroatoms. The molecule has 0 saturated carbocycles. The van der Waals surface area contributed by atoms with Gasteiger partial charge in [-0.05, 0) is 35.9 Å². The van der Waals surface area contributed by atoms with Crippen LogP contribution < -0.4 is 20.1 Å². The summed E-state index contributed by atoms with van der Waals surface area (Å²) in [6.07, 6.45) is 1.39. The van der Waals surface area contributed by atoms with Crippen molar-refractivity contribution in [3.63, 3.8) is 0 Å². The number of hydrogen-bond donors (Lipinski definition) is 2. The molecule has 0 aliphatic carbocycles. The normalized spacial score (nSPS) is 14.2. The Labute approximate surface area is 187 Å². The molecule has 1 aliphatic rings. The quantitative estimate of drug-likeness (QED) is 0.353. The summed E-state index contributed by atoms with van der Waals surface area (Å²) in [5.41, 5.74) is 0.356. The molecule has 0 radical (unpaired) electrons. The van der Waals surface area contributed by atoms with E-state index in [1.54, 1.807) is 6.07 Å². The highest BCUT2D eigenvalue weighted by molar-refractivity contribution is 6.16. The molecule has 1 saturated heterocycles. The van der Waals surface area contributed by atoms with E-state index < -0.39 is 36.2 Å². The second kappa shape index (κ2) is 10.3. The van der Waals surface area contributed by atoms with Gasteiger partial charge in [-0.3, -0.25) is 9.59 Å². The Morgan fingerprint density at radius 3 is 2.58 bits per heavy atom. The molecule has 172 valence electrons. The number of rotatable bonds is 8. The van der Waals surface area contributed by atoms with Gasteiger partial charge in [0.1, 0.15) is 18.1 Å². The molecule has 4 amide bonds. The number of urea groups is 1. The summed E-state index contributed by atoms with van der Waals surface area (Å²) in [6.45, 7) is -0.911. The van der Waals surface area contributed by atoms with Gasteiger partial charge < -0.3 is 24.8 Å². The number of imide groups is 1. The second-order valence-corrected chi connectivity index (χ2v) is 6.68. The number of benzene rings is 2. The number of anilines is 1. The molecule has 0 spiro atoms. The molecular formula is C22H20FN3O7. The molecule has 0 bridgehead atoms. The molecular weight excluding hydrogens is 437 g/mol. The Morgan fingerprint density at radius 1 is 1.12 bits per heavy atom. The maximum absolute atomic E-state index is 13.7. The number of hydrogen-bond acceptors (Lipinski definition) is 7. The zero-order valence-corrected chi connectivity index (χ0v) is 17.7. The molecule has 1 heterocycles. The molecule has 3 rings (SSSR count). The average Bonchev–Trinajstić information content (AvgIpc) is 3.06. The van der Waals surface area contributed by atoms with Gasteiger partial charge in [0.05, 0.1) is 19.9 Å². The fourth-order valence-corrected chi connectivity index (χ4v) is 2.87. The van der Waals surface area contributed by atoms with Gasteiger partial charge in [0.2, 0.25) is 5.91 Å². The monoisotopic (exact) mass is 457 g/mol. The molecule has 2 N–H and O–H groups in total. The van der Waals surface area contributed by atoms with Crippen LogP contribution in [0.3, 0.4) is 0 Å². The van der Waals surface area contributed by atoms with Gasteiger partial charge in [0.25, 0.3) is 5.91 Å². The summed E-state index contributed by atoms with van der Waals surface area (Å²) in [4.78, 5) is 49.0. The third-order valence-electron chi connectivity index (χ3n) is 4.48. The van der Waals surface area contributed by atoms with E-state index >= 15 is 0 Å². The van der Waals surface area contributed by atoms with Crippen molar-refractivity contribution in [1.82, 2.24) is 10.2 Å². The van der Waals surface area contributed by atoms with Crippen molar-refractivity contribution in [3.8, 4) is 11.5 Å². The Morgan fingerprint density at radius 2 is 1.88 bits per heavy atom. The highest BCUT2D eigenvalue weighted by atomic mass is 19.1. The highest BCUT2D eigenvalue weighted by Gasteiger charge is 2.35. The Balaban J connectivity index is 1.70. The molecule has 33 heavy (non-hydrogen) atoms. The third-order valence-corrected chi connectivity index (χ3v) is 4.48. The molecule has 10 nitrogen and oxygen atoms in total. The number of nitrogens with one attached hydrogen (secondary N) is 2. The SMILES string of the molecule is COC(=O)COc1ccc(/C=C2/NC(=O)N(CC(=O)Nc3ccccc3F)C2=O)cc1OC. The maximum atomic E-state index is 13.7. The Bertz CT molecular complexity index is 1130.